The van der Waals surface area contributed by atoms with E-state index in [1.807, 2.05) is 31.2 Å². The van der Waals surface area contributed by atoms with Gasteiger partial charge in [-0.05, 0) is 48.4 Å². The monoisotopic (exact) mass is 464 g/mol. The van der Waals surface area contributed by atoms with E-state index in [2.05, 4.69) is 29.6 Å². The summed E-state index contributed by atoms with van der Waals surface area (Å²) in [5.74, 6) is -1.14. The van der Waals surface area contributed by atoms with Crippen LogP contribution in [0.3, 0.4) is 0 Å². The second kappa shape index (κ2) is 10.7. The van der Waals surface area contributed by atoms with Crippen molar-refractivity contribution in [2.45, 2.75) is 51.0 Å². The molecule has 0 heterocycles. The fraction of sp³-hybridized carbons (Fsp3) is 0.444. The van der Waals surface area contributed by atoms with Crippen LogP contribution in [-0.4, -0.2) is 53.7 Å². The number of hydrogen-bond acceptors (Lipinski definition) is 4. The number of carboxylic acid groups (broad SMARTS) is 1. The Balaban J connectivity index is 1.32. The highest BCUT2D eigenvalue weighted by atomic mass is 16.5. The van der Waals surface area contributed by atoms with Crippen LogP contribution >= 0.6 is 0 Å². The number of carbonyl (C=O) groups is 3. The Hall–Kier alpha value is -3.35. The number of alkyl carbamates (subject to hydrolysis) is 1. The van der Waals surface area contributed by atoms with Crippen molar-refractivity contribution < 1.29 is 24.2 Å². The van der Waals surface area contributed by atoms with Gasteiger partial charge in [0.2, 0.25) is 5.91 Å². The van der Waals surface area contributed by atoms with Gasteiger partial charge in [0.1, 0.15) is 6.61 Å². The highest BCUT2D eigenvalue weighted by Crippen LogP contribution is 2.44. The maximum Gasteiger partial charge on any atom is 0.407 e. The lowest BCUT2D eigenvalue weighted by molar-refractivity contribution is -0.140. The van der Waals surface area contributed by atoms with Crippen LogP contribution in [0.1, 0.15) is 56.1 Å². The van der Waals surface area contributed by atoms with Gasteiger partial charge in [-0.3, -0.25) is 9.59 Å². The number of amides is 2. The van der Waals surface area contributed by atoms with E-state index >= 15 is 0 Å². The minimum absolute atomic E-state index is 0.00572. The number of carbonyl (C=O) groups excluding carboxylic acids is 2. The molecule has 180 valence electrons. The highest BCUT2D eigenvalue weighted by Gasteiger charge is 2.32. The fourth-order valence-corrected chi connectivity index (χ4v) is 5.26. The standard InChI is InChI=1S/C27H32N2O5/c1-2-29(15-14-25(30)31)26(32)18-8-7-9-19(16-18)28-27(33)34-17-24-22-12-5-3-10-20(22)21-11-4-6-13-23(21)24/h3-6,10-13,18-19,24H,2,7-9,14-17H2,1H3,(H,28,33)(H,30,31). The van der Waals surface area contributed by atoms with Crippen LogP contribution in [0, 0.1) is 5.92 Å². The summed E-state index contributed by atoms with van der Waals surface area (Å²) >= 11 is 0. The van der Waals surface area contributed by atoms with Crippen molar-refractivity contribution in [2.24, 2.45) is 5.92 Å². The first kappa shape index (κ1) is 23.8. The van der Waals surface area contributed by atoms with Crippen molar-refractivity contribution in [3.63, 3.8) is 0 Å². The molecule has 2 N–H and O–H groups in total. The van der Waals surface area contributed by atoms with Crippen LogP contribution < -0.4 is 5.32 Å². The molecule has 1 saturated carbocycles. The minimum atomic E-state index is -0.912. The molecule has 0 radical (unpaired) electrons. The molecule has 0 bridgehead atoms. The quantitative estimate of drug-likeness (QED) is 0.603. The number of aliphatic carboxylic acids is 1. The third-order valence-electron chi connectivity index (χ3n) is 6.98. The SMILES string of the molecule is CCN(CCC(=O)O)C(=O)C1CCCC(NC(=O)OCC2c3ccccc3-c3ccccc32)C1. The summed E-state index contributed by atoms with van der Waals surface area (Å²) in [6.45, 7) is 2.81. The number of rotatable bonds is 8. The summed E-state index contributed by atoms with van der Waals surface area (Å²) in [5, 5.41) is 11.9. The van der Waals surface area contributed by atoms with Crippen LogP contribution in [0.4, 0.5) is 4.79 Å². The van der Waals surface area contributed by atoms with E-state index in [-0.39, 0.29) is 43.4 Å². The molecule has 2 aliphatic carbocycles. The van der Waals surface area contributed by atoms with Gasteiger partial charge in [-0.15, -0.1) is 0 Å². The van der Waals surface area contributed by atoms with E-state index < -0.39 is 12.1 Å². The van der Waals surface area contributed by atoms with E-state index in [9.17, 15) is 14.4 Å². The minimum Gasteiger partial charge on any atom is -0.481 e. The molecule has 7 heteroatoms. The zero-order chi connectivity index (χ0) is 24.1. The molecule has 34 heavy (non-hydrogen) atoms. The van der Waals surface area contributed by atoms with Crippen molar-refractivity contribution in [3.05, 3.63) is 59.7 Å². The van der Waals surface area contributed by atoms with Crippen LogP contribution in [0.15, 0.2) is 48.5 Å². The molecule has 2 aromatic carbocycles. The number of nitrogens with zero attached hydrogens (tertiary/aromatic N) is 1. The molecule has 0 aliphatic heterocycles. The predicted octanol–water partition coefficient (Wildman–Crippen LogP) is 4.41. The van der Waals surface area contributed by atoms with Crippen LogP contribution in [0.2, 0.25) is 0 Å². The van der Waals surface area contributed by atoms with Crippen molar-refractivity contribution in [1.29, 1.82) is 0 Å². The molecule has 1 fully saturated rings. The summed E-state index contributed by atoms with van der Waals surface area (Å²) in [5.41, 5.74) is 4.70. The Labute approximate surface area is 200 Å². The van der Waals surface area contributed by atoms with Gasteiger partial charge in [-0.1, -0.05) is 55.0 Å². The molecule has 2 aliphatic rings. The smallest absolute Gasteiger partial charge is 0.407 e. The number of carboxylic acids is 1. The summed E-state index contributed by atoms with van der Waals surface area (Å²) in [7, 11) is 0. The van der Waals surface area contributed by atoms with E-state index in [0.29, 0.717) is 13.0 Å². The van der Waals surface area contributed by atoms with Gasteiger partial charge in [-0.2, -0.15) is 0 Å². The third kappa shape index (κ3) is 5.24. The largest absolute Gasteiger partial charge is 0.481 e. The van der Waals surface area contributed by atoms with Crippen LogP contribution in [-0.2, 0) is 14.3 Å². The molecule has 2 amide bonds. The molecule has 0 spiro atoms. The number of ether oxygens (including phenoxy) is 1. The average Bonchev–Trinajstić information content (AvgIpc) is 3.17. The summed E-state index contributed by atoms with van der Waals surface area (Å²) in [4.78, 5) is 38.0. The topological polar surface area (TPSA) is 95.9 Å². The van der Waals surface area contributed by atoms with Gasteiger partial charge < -0.3 is 20.1 Å². The average molecular weight is 465 g/mol. The zero-order valence-corrected chi connectivity index (χ0v) is 19.5. The van der Waals surface area contributed by atoms with Gasteiger partial charge >= 0.3 is 12.1 Å². The van der Waals surface area contributed by atoms with E-state index in [0.717, 1.165) is 19.3 Å². The molecular weight excluding hydrogens is 432 g/mol. The Morgan fingerprint density at radius 2 is 1.68 bits per heavy atom. The second-order valence-electron chi connectivity index (χ2n) is 9.09. The van der Waals surface area contributed by atoms with Gasteiger partial charge in [-0.25, -0.2) is 4.79 Å². The molecular formula is C27H32N2O5. The lowest BCUT2D eigenvalue weighted by atomic mass is 9.84. The summed E-state index contributed by atoms with van der Waals surface area (Å²) in [6, 6.07) is 16.3. The zero-order valence-electron chi connectivity index (χ0n) is 19.5. The first-order valence-corrected chi connectivity index (χ1v) is 12.1. The van der Waals surface area contributed by atoms with Crippen LogP contribution in [0.25, 0.3) is 11.1 Å². The van der Waals surface area contributed by atoms with E-state index in [1.165, 1.54) is 22.3 Å². The fourth-order valence-electron chi connectivity index (χ4n) is 5.26. The number of benzene rings is 2. The first-order valence-electron chi connectivity index (χ1n) is 12.1. The Morgan fingerprint density at radius 3 is 2.29 bits per heavy atom. The molecule has 2 unspecified atom stereocenters. The van der Waals surface area contributed by atoms with E-state index in [1.54, 1.807) is 4.90 Å². The van der Waals surface area contributed by atoms with Crippen molar-refractivity contribution >= 4 is 18.0 Å². The molecule has 2 atom stereocenters. The lowest BCUT2D eigenvalue weighted by Gasteiger charge is -2.32. The van der Waals surface area contributed by atoms with Gasteiger partial charge in [0.15, 0.2) is 0 Å². The maximum atomic E-state index is 12.9. The van der Waals surface area contributed by atoms with Crippen molar-refractivity contribution in [3.8, 4) is 11.1 Å². The maximum absolute atomic E-state index is 12.9. The van der Waals surface area contributed by atoms with Gasteiger partial charge in [0.05, 0.1) is 6.42 Å². The first-order chi connectivity index (χ1) is 16.5. The Morgan fingerprint density at radius 1 is 1.03 bits per heavy atom. The van der Waals surface area contributed by atoms with Gasteiger partial charge in [0.25, 0.3) is 0 Å². The van der Waals surface area contributed by atoms with Crippen molar-refractivity contribution in [1.82, 2.24) is 10.2 Å². The summed E-state index contributed by atoms with van der Waals surface area (Å²) < 4.78 is 5.66. The second-order valence-corrected chi connectivity index (χ2v) is 9.09. The lowest BCUT2D eigenvalue weighted by Crippen LogP contribution is -2.44. The van der Waals surface area contributed by atoms with Crippen LogP contribution in [0.5, 0.6) is 0 Å². The molecule has 0 saturated heterocycles. The highest BCUT2D eigenvalue weighted by molar-refractivity contribution is 5.80. The molecule has 2 aromatic rings. The van der Waals surface area contributed by atoms with Gasteiger partial charge in [0, 0.05) is 31.0 Å². The molecule has 7 nitrogen and oxygen atoms in total. The number of nitrogens with one attached hydrogen (secondary N) is 1. The molecule has 4 rings (SSSR count). The number of fused-ring (bicyclic) bond motifs is 3. The third-order valence-corrected chi connectivity index (χ3v) is 6.98. The Bertz CT molecular complexity index is 1010. The summed E-state index contributed by atoms with van der Waals surface area (Å²) in [6.07, 6.45) is 2.42. The van der Waals surface area contributed by atoms with E-state index in [4.69, 9.17) is 9.84 Å². The molecule has 0 aromatic heterocycles. The van der Waals surface area contributed by atoms with Crippen molar-refractivity contribution in [2.75, 3.05) is 19.7 Å². The Kier molecular flexibility index (Phi) is 7.50. The predicted molar refractivity (Wildman–Crippen MR) is 128 cm³/mol. The number of hydrogen-bond donors (Lipinski definition) is 2. The normalized spacial score (nSPS) is 19.1.